The molecule has 1 aromatic rings. The smallest absolute Gasteiger partial charge is 0.320 e. The topological polar surface area (TPSA) is 85.8 Å². The molecule has 1 aliphatic rings. The fourth-order valence-electron chi connectivity index (χ4n) is 2.84. The number of anilines is 1. The van der Waals surface area contributed by atoms with E-state index in [0.717, 1.165) is 25.3 Å². The minimum atomic E-state index is -0.853. The molecule has 7 nitrogen and oxygen atoms in total. The van der Waals surface area contributed by atoms with Crippen LogP contribution in [0.3, 0.4) is 0 Å². The van der Waals surface area contributed by atoms with Crippen molar-refractivity contribution in [1.82, 2.24) is 15.2 Å². The van der Waals surface area contributed by atoms with Crippen molar-refractivity contribution in [2.75, 3.05) is 37.6 Å². The third-order valence-electron chi connectivity index (χ3n) is 4.21. The zero-order valence-electron chi connectivity index (χ0n) is 14.1. The second-order valence-corrected chi connectivity index (χ2v) is 5.94. The van der Waals surface area contributed by atoms with Crippen molar-refractivity contribution in [2.24, 2.45) is 0 Å². The van der Waals surface area contributed by atoms with E-state index in [1.807, 2.05) is 30.0 Å². The van der Waals surface area contributed by atoms with E-state index in [0.29, 0.717) is 32.5 Å². The number of carbonyl (C=O) groups excluding carboxylic acids is 1. The van der Waals surface area contributed by atoms with Crippen LogP contribution in [-0.4, -0.2) is 65.6 Å². The Morgan fingerprint density at radius 3 is 2.62 bits per heavy atom. The van der Waals surface area contributed by atoms with E-state index < -0.39 is 12.0 Å². The van der Waals surface area contributed by atoms with Crippen LogP contribution in [0.1, 0.15) is 26.2 Å². The van der Waals surface area contributed by atoms with E-state index in [1.165, 1.54) is 0 Å². The summed E-state index contributed by atoms with van der Waals surface area (Å²) in [4.78, 5) is 31.7. The highest BCUT2D eigenvalue weighted by Gasteiger charge is 2.22. The zero-order valence-corrected chi connectivity index (χ0v) is 14.1. The molecule has 2 rings (SSSR count). The maximum Gasteiger partial charge on any atom is 0.320 e. The fraction of sp³-hybridized carbons (Fsp3) is 0.588. The lowest BCUT2D eigenvalue weighted by atomic mass is 10.1. The summed E-state index contributed by atoms with van der Waals surface area (Å²) in [7, 11) is 0. The average Bonchev–Trinajstić information content (AvgIpc) is 2.61. The van der Waals surface area contributed by atoms with Crippen LogP contribution >= 0.6 is 0 Å². The van der Waals surface area contributed by atoms with Gasteiger partial charge in [0.2, 0.25) is 5.91 Å². The van der Waals surface area contributed by atoms with Crippen molar-refractivity contribution in [3.05, 3.63) is 24.4 Å². The number of carbonyl (C=O) groups is 2. The van der Waals surface area contributed by atoms with Crippen molar-refractivity contribution < 1.29 is 14.7 Å². The highest BCUT2D eigenvalue weighted by Crippen LogP contribution is 2.12. The Bertz CT molecular complexity index is 530. The maximum absolute atomic E-state index is 12.3. The molecular formula is C17H26N4O3. The van der Waals surface area contributed by atoms with Gasteiger partial charge in [0.15, 0.2) is 0 Å². The second-order valence-electron chi connectivity index (χ2n) is 5.94. The number of piperazine rings is 1. The van der Waals surface area contributed by atoms with Crippen molar-refractivity contribution >= 4 is 17.7 Å². The molecule has 1 atom stereocenters. The minimum absolute atomic E-state index is 0.0730. The molecule has 1 aromatic heterocycles. The summed E-state index contributed by atoms with van der Waals surface area (Å²) in [6, 6.07) is 5.25. The van der Waals surface area contributed by atoms with Gasteiger partial charge in [-0.25, -0.2) is 4.98 Å². The number of aromatic nitrogens is 1. The van der Waals surface area contributed by atoms with Gasteiger partial charge in [0, 0.05) is 45.3 Å². The summed E-state index contributed by atoms with van der Waals surface area (Å²) in [5.41, 5.74) is 0. The third-order valence-corrected chi connectivity index (χ3v) is 4.21. The molecule has 0 bridgehead atoms. The number of carboxylic acids is 1. The monoisotopic (exact) mass is 334 g/mol. The van der Waals surface area contributed by atoms with E-state index in [1.54, 1.807) is 6.20 Å². The van der Waals surface area contributed by atoms with E-state index in [9.17, 15) is 9.59 Å². The minimum Gasteiger partial charge on any atom is -0.480 e. The SMILES string of the molecule is CCCC(NCCC(=O)N1CCN(c2ccccn2)CC1)C(=O)O. The summed E-state index contributed by atoms with van der Waals surface area (Å²) in [6.07, 6.45) is 3.48. The molecule has 1 amide bonds. The lowest BCUT2D eigenvalue weighted by molar-refractivity contribution is -0.140. The number of nitrogens with one attached hydrogen (secondary N) is 1. The Morgan fingerprint density at radius 1 is 1.29 bits per heavy atom. The van der Waals surface area contributed by atoms with Crippen molar-refractivity contribution in [3.8, 4) is 0 Å². The summed E-state index contributed by atoms with van der Waals surface area (Å²) in [5.74, 6) is 0.159. The summed E-state index contributed by atoms with van der Waals surface area (Å²) in [5, 5.41) is 12.0. The first-order chi connectivity index (χ1) is 11.6. The number of aliphatic carboxylic acids is 1. The summed E-state index contributed by atoms with van der Waals surface area (Å²) >= 11 is 0. The number of hydrogen-bond donors (Lipinski definition) is 2. The number of hydrogen-bond acceptors (Lipinski definition) is 5. The highest BCUT2D eigenvalue weighted by molar-refractivity contribution is 5.77. The first-order valence-electron chi connectivity index (χ1n) is 8.51. The molecule has 24 heavy (non-hydrogen) atoms. The third kappa shape index (κ3) is 5.19. The van der Waals surface area contributed by atoms with E-state index >= 15 is 0 Å². The van der Waals surface area contributed by atoms with Crippen LogP contribution in [0.25, 0.3) is 0 Å². The predicted octanol–water partition coefficient (Wildman–Crippen LogP) is 0.963. The van der Waals surface area contributed by atoms with Gasteiger partial charge in [-0.3, -0.25) is 9.59 Å². The fourth-order valence-corrected chi connectivity index (χ4v) is 2.84. The van der Waals surface area contributed by atoms with Crippen LogP contribution in [0.15, 0.2) is 24.4 Å². The van der Waals surface area contributed by atoms with Gasteiger partial charge in [-0.2, -0.15) is 0 Å². The van der Waals surface area contributed by atoms with Crippen LogP contribution in [0.2, 0.25) is 0 Å². The highest BCUT2D eigenvalue weighted by atomic mass is 16.4. The van der Waals surface area contributed by atoms with Gasteiger partial charge in [0.05, 0.1) is 0 Å². The normalized spacial score (nSPS) is 16.0. The molecule has 0 spiro atoms. The predicted molar refractivity (Wildman–Crippen MR) is 92.0 cm³/mol. The van der Waals surface area contributed by atoms with E-state index in [4.69, 9.17) is 5.11 Å². The van der Waals surface area contributed by atoms with Gasteiger partial charge in [-0.15, -0.1) is 0 Å². The molecule has 1 aliphatic heterocycles. The Hall–Kier alpha value is -2.15. The molecule has 2 heterocycles. The summed E-state index contributed by atoms with van der Waals surface area (Å²) < 4.78 is 0. The summed E-state index contributed by atoms with van der Waals surface area (Å²) in [6.45, 7) is 5.23. The Labute approximate surface area is 142 Å². The van der Waals surface area contributed by atoms with Crippen molar-refractivity contribution in [2.45, 2.75) is 32.2 Å². The van der Waals surface area contributed by atoms with Crippen LogP contribution < -0.4 is 10.2 Å². The molecule has 132 valence electrons. The molecule has 0 aliphatic carbocycles. The van der Waals surface area contributed by atoms with Gasteiger partial charge in [0.25, 0.3) is 0 Å². The number of nitrogens with zero attached hydrogens (tertiary/aromatic N) is 3. The van der Waals surface area contributed by atoms with Gasteiger partial charge in [0.1, 0.15) is 11.9 Å². The van der Waals surface area contributed by atoms with E-state index in [2.05, 4.69) is 15.2 Å². The molecule has 7 heteroatoms. The molecule has 1 fully saturated rings. The Kier molecular flexibility index (Phi) is 6.99. The lowest BCUT2D eigenvalue weighted by Crippen LogP contribution is -2.49. The molecule has 0 radical (unpaired) electrons. The number of carboxylic acid groups (broad SMARTS) is 1. The Balaban J connectivity index is 1.72. The van der Waals surface area contributed by atoms with Gasteiger partial charge >= 0.3 is 5.97 Å². The molecule has 2 N–H and O–H groups in total. The average molecular weight is 334 g/mol. The van der Waals surface area contributed by atoms with Crippen molar-refractivity contribution in [3.63, 3.8) is 0 Å². The van der Waals surface area contributed by atoms with Gasteiger partial charge in [-0.1, -0.05) is 19.4 Å². The van der Waals surface area contributed by atoms with Crippen LogP contribution in [0.5, 0.6) is 0 Å². The number of rotatable bonds is 8. The molecule has 0 saturated carbocycles. The molecule has 0 aromatic carbocycles. The number of amides is 1. The lowest BCUT2D eigenvalue weighted by Gasteiger charge is -2.35. The first kappa shape index (κ1) is 18.2. The molecular weight excluding hydrogens is 308 g/mol. The van der Waals surface area contributed by atoms with Crippen LogP contribution in [0, 0.1) is 0 Å². The van der Waals surface area contributed by atoms with Crippen LogP contribution in [0.4, 0.5) is 5.82 Å². The van der Waals surface area contributed by atoms with Gasteiger partial charge in [-0.05, 0) is 18.6 Å². The maximum atomic E-state index is 12.3. The standard InChI is InChI=1S/C17H26N4O3/c1-2-5-14(17(23)24)18-9-7-16(22)21-12-10-20(11-13-21)15-6-3-4-8-19-15/h3-4,6,8,14,18H,2,5,7,9-13H2,1H3,(H,23,24). The number of pyridine rings is 1. The quantitative estimate of drug-likeness (QED) is 0.737. The van der Waals surface area contributed by atoms with E-state index in [-0.39, 0.29) is 5.91 Å². The largest absolute Gasteiger partial charge is 0.480 e. The van der Waals surface area contributed by atoms with Crippen LogP contribution in [-0.2, 0) is 9.59 Å². The molecule has 1 saturated heterocycles. The zero-order chi connectivity index (χ0) is 17.4. The van der Waals surface area contributed by atoms with Crippen molar-refractivity contribution in [1.29, 1.82) is 0 Å². The molecule has 1 unspecified atom stereocenters. The first-order valence-corrected chi connectivity index (χ1v) is 8.51. The van der Waals surface area contributed by atoms with Gasteiger partial charge < -0.3 is 20.2 Å². The second kappa shape index (κ2) is 9.22. The Morgan fingerprint density at radius 2 is 2.04 bits per heavy atom.